The van der Waals surface area contributed by atoms with E-state index in [9.17, 15) is 9.59 Å². The van der Waals surface area contributed by atoms with Crippen molar-refractivity contribution in [2.24, 2.45) is 16.3 Å². The monoisotopic (exact) mass is 421 g/mol. The third-order valence-electron chi connectivity index (χ3n) is 5.67. The number of ether oxygens (including phenoxy) is 2. The van der Waals surface area contributed by atoms with Gasteiger partial charge in [-0.15, -0.1) is 0 Å². The minimum Gasteiger partial charge on any atom is -0.493 e. The smallest absolute Gasteiger partial charge is 0.160 e. The van der Waals surface area contributed by atoms with Crippen LogP contribution in [0.5, 0.6) is 11.5 Å². The van der Waals surface area contributed by atoms with Crippen LogP contribution in [0.25, 0.3) is 0 Å². The van der Waals surface area contributed by atoms with Crippen LogP contribution in [0.15, 0.2) is 53.5 Å². The van der Waals surface area contributed by atoms with E-state index in [2.05, 4.69) is 13.8 Å². The van der Waals surface area contributed by atoms with Crippen LogP contribution in [0.3, 0.4) is 0 Å². The van der Waals surface area contributed by atoms with E-state index in [1.54, 1.807) is 14.2 Å². The second-order valence-electron chi connectivity index (χ2n) is 8.86. The molecule has 3 rings (SSSR count). The average molecular weight is 422 g/mol. The van der Waals surface area contributed by atoms with Crippen LogP contribution in [-0.2, 0) is 22.4 Å². The van der Waals surface area contributed by atoms with Crippen LogP contribution >= 0.6 is 0 Å². The van der Waals surface area contributed by atoms with E-state index in [0.29, 0.717) is 37.3 Å². The number of hydrogen-bond acceptors (Lipinski definition) is 5. The van der Waals surface area contributed by atoms with Crippen molar-refractivity contribution >= 4 is 17.3 Å². The Bertz CT molecular complexity index is 963. The summed E-state index contributed by atoms with van der Waals surface area (Å²) in [4.78, 5) is 30.7. The lowest BCUT2D eigenvalue weighted by molar-refractivity contribution is -0.131. The van der Waals surface area contributed by atoms with E-state index in [4.69, 9.17) is 14.5 Å². The molecule has 2 aromatic rings. The summed E-state index contributed by atoms with van der Waals surface area (Å²) in [7, 11) is 3.22. The molecule has 164 valence electrons. The zero-order valence-corrected chi connectivity index (χ0v) is 18.8. The summed E-state index contributed by atoms with van der Waals surface area (Å²) in [5.41, 5.74) is 2.54. The minimum atomic E-state index is -0.723. The van der Waals surface area contributed by atoms with Crippen LogP contribution in [0, 0.1) is 11.3 Å². The van der Waals surface area contributed by atoms with Gasteiger partial charge >= 0.3 is 0 Å². The molecule has 1 unspecified atom stereocenters. The fourth-order valence-electron chi connectivity index (χ4n) is 4.19. The Balaban J connectivity index is 1.76. The van der Waals surface area contributed by atoms with Gasteiger partial charge < -0.3 is 9.47 Å². The normalized spacial score (nSPS) is 19.3. The molecule has 0 saturated heterocycles. The number of Topliss-reactive ketones (excluding diaryl/α,β-unsaturated/α-hetero) is 2. The predicted octanol–water partition coefficient (Wildman–Crippen LogP) is 4.50. The van der Waals surface area contributed by atoms with Crippen molar-refractivity contribution in [2.45, 2.75) is 39.5 Å². The predicted molar refractivity (Wildman–Crippen MR) is 122 cm³/mol. The van der Waals surface area contributed by atoms with Crippen molar-refractivity contribution in [1.29, 1.82) is 0 Å². The zero-order valence-electron chi connectivity index (χ0n) is 18.8. The maximum Gasteiger partial charge on any atom is 0.160 e. The van der Waals surface area contributed by atoms with Gasteiger partial charge in [0.15, 0.2) is 17.3 Å². The highest BCUT2D eigenvalue weighted by Gasteiger charge is 2.41. The van der Waals surface area contributed by atoms with E-state index in [1.807, 2.05) is 48.5 Å². The van der Waals surface area contributed by atoms with E-state index in [1.165, 1.54) is 0 Å². The molecule has 1 aliphatic carbocycles. The lowest BCUT2D eigenvalue weighted by Gasteiger charge is -2.34. The molecule has 0 amide bonds. The Kier molecular flexibility index (Phi) is 7.26. The van der Waals surface area contributed by atoms with Crippen LogP contribution in [-0.4, -0.2) is 38.0 Å². The number of methoxy groups -OCH3 is 2. The Morgan fingerprint density at radius 2 is 1.71 bits per heavy atom. The summed E-state index contributed by atoms with van der Waals surface area (Å²) in [6.07, 6.45) is 2.02. The standard InChI is InChI=1S/C26H31NO4/c1-26(2)16-20(27-13-12-19-10-11-23(30-3)24(15-19)31-4)25(22(29)17-26)21(28)14-18-8-6-5-7-9-18/h5-11,15,25H,12-14,16-17H2,1-4H3. The van der Waals surface area contributed by atoms with Gasteiger partial charge in [-0.25, -0.2) is 0 Å². The van der Waals surface area contributed by atoms with Crippen molar-refractivity contribution < 1.29 is 19.1 Å². The van der Waals surface area contributed by atoms with Crippen molar-refractivity contribution in [3.8, 4) is 11.5 Å². The lowest BCUT2D eigenvalue weighted by atomic mass is 9.69. The number of carbonyl (C=O) groups excluding carboxylic acids is 2. The summed E-state index contributed by atoms with van der Waals surface area (Å²) in [5, 5.41) is 0. The van der Waals surface area contributed by atoms with Crippen molar-refractivity contribution in [3.05, 3.63) is 59.7 Å². The summed E-state index contributed by atoms with van der Waals surface area (Å²) >= 11 is 0. The van der Waals surface area contributed by atoms with Gasteiger partial charge in [-0.1, -0.05) is 50.2 Å². The Morgan fingerprint density at radius 3 is 2.39 bits per heavy atom. The number of hydrogen-bond donors (Lipinski definition) is 0. The third kappa shape index (κ3) is 5.81. The molecule has 0 bridgehead atoms. The second kappa shape index (κ2) is 9.90. The first-order valence-corrected chi connectivity index (χ1v) is 10.7. The van der Waals surface area contributed by atoms with Crippen LogP contribution in [0.4, 0.5) is 0 Å². The lowest BCUT2D eigenvalue weighted by Crippen LogP contribution is -2.42. The fraction of sp³-hybridized carbons (Fsp3) is 0.423. The van der Waals surface area contributed by atoms with Crippen LogP contribution < -0.4 is 9.47 Å². The highest BCUT2D eigenvalue weighted by Crippen LogP contribution is 2.35. The van der Waals surface area contributed by atoms with Crippen molar-refractivity contribution in [1.82, 2.24) is 0 Å². The summed E-state index contributed by atoms with van der Waals surface area (Å²) < 4.78 is 10.7. The molecule has 5 nitrogen and oxygen atoms in total. The first-order chi connectivity index (χ1) is 14.8. The van der Waals surface area contributed by atoms with E-state index < -0.39 is 5.92 Å². The van der Waals surface area contributed by atoms with Gasteiger partial charge in [-0.05, 0) is 41.5 Å². The number of aliphatic imine (C=N–C) groups is 1. The highest BCUT2D eigenvalue weighted by atomic mass is 16.5. The molecule has 0 aromatic heterocycles. The molecule has 1 atom stereocenters. The van der Waals surface area contributed by atoms with Gasteiger partial charge in [0.05, 0.1) is 14.2 Å². The van der Waals surface area contributed by atoms with Gasteiger partial charge in [0, 0.05) is 25.1 Å². The second-order valence-corrected chi connectivity index (χ2v) is 8.86. The SMILES string of the molecule is COc1ccc(CCN=C2CC(C)(C)CC(=O)C2C(=O)Cc2ccccc2)cc1OC. The molecule has 2 aromatic carbocycles. The van der Waals surface area contributed by atoms with Gasteiger partial charge in [-0.3, -0.25) is 14.6 Å². The van der Waals surface area contributed by atoms with E-state index in [0.717, 1.165) is 16.8 Å². The van der Waals surface area contributed by atoms with Crippen LogP contribution in [0.1, 0.15) is 37.8 Å². The molecule has 1 aliphatic rings. The maximum atomic E-state index is 13.1. The Labute approximate surface area is 184 Å². The Hall–Kier alpha value is -2.95. The number of benzene rings is 2. The molecule has 0 radical (unpaired) electrons. The maximum absolute atomic E-state index is 13.1. The van der Waals surface area contributed by atoms with E-state index in [-0.39, 0.29) is 23.4 Å². The third-order valence-corrected chi connectivity index (χ3v) is 5.67. The Morgan fingerprint density at radius 1 is 1.00 bits per heavy atom. The molecular formula is C26H31NO4. The summed E-state index contributed by atoms with van der Waals surface area (Å²) in [6, 6.07) is 15.4. The van der Waals surface area contributed by atoms with E-state index >= 15 is 0 Å². The van der Waals surface area contributed by atoms with Gasteiger partial charge in [-0.2, -0.15) is 0 Å². The number of nitrogens with zero attached hydrogens (tertiary/aromatic N) is 1. The molecule has 0 N–H and O–H groups in total. The van der Waals surface area contributed by atoms with Gasteiger partial charge in [0.1, 0.15) is 11.7 Å². The topological polar surface area (TPSA) is 65.0 Å². The number of carbonyl (C=O) groups is 2. The largest absolute Gasteiger partial charge is 0.493 e. The molecule has 0 spiro atoms. The molecular weight excluding hydrogens is 390 g/mol. The molecule has 1 saturated carbocycles. The average Bonchev–Trinajstić information content (AvgIpc) is 2.73. The molecule has 5 heteroatoms. The fourth-order valence-corrected chi connectivity index (χ4v) is 4.19. The quantitative estimate of drug-likeness (QED) is 0.589. The first-order valence-electron chi connectivity index (χ1n) is 10.7. The number of ketones is 2. The van der Waals surface area contributed by atoms with Gasteiger partial charge in [0.2, 0.25) is 0 Å². The number of rotatable bonds is 8. The zero-order chi connectivity index (χ0) is 22.4. The first kappa shape index (κ1) is 22.7. The summed E-state index contributed by atoms with van der Waals surface area (Å²) in [6.45, 7) is 4.64. The van der Waals surface area contributed by atoms with Gasteiger partial charge in [0.25, 0.3) is 0 Å². The minimum absolute atomic E-state index is 0.0120. The molecule has 0 aliphatic heterocycles. The highest BCUT2D eigenvalue weighted by molar-refractivity contribution is 6.22. The molecule has 0 heterocycles. The van der Waals surface area contributed by atoms with Crippen LogP contribution in [0.2, 0.25) is 0 Å². The van der Waals surface area contributed by atoms with Crippen molar-refractivity contribution in [3.63, 3.8) is 0 Å². The molecule has 1 fully saturated rings. The van der Waals surface area contributed by atoms with Crippen molar-refractivity contribution in [2.75, 3.05) is 20.8 Å². The summed E-state index contributed by atoms with van der Waals surface area (Å²) in [5.74, 6) is 0.568. The molecule has 31 heavy (non-hydrogen) atoms.